The van der Waals surface area contributed by atoms with Crippen molar-refractivity contribution in [2.24, 2.45) is 5.92 Å². The molecule has 0 aromatic heterocycles. The number of rotatable bonds is 2. The molecule has 1 heterocycles. The van der Waals surface area contributed by atoms with Crippen LogP contribution in [0, 0.1) is 5.92 Å². The Bertz CT molecular complexity index is 316. The summed E-state index contributed by atoms with van der Waals surface area (Å²) in [7, 11) is 0. The smallest absolute Gasteiger partial charge is 0.332 e. The van der Waals surface area contributed by atoms with Crippen LogP contribution < -0.4 is 0 Å². The molecule has 4 nitrogen and oxygen atoms in total. The summed E-state index contributed by atoms with van der Waals surface area (Å²) in [5, 5.41) is 19.1. The number of hydrogen-bond donors (Lipinski definition) is 2. The molecule has 2 aliphatic rings. The largest absolute Gasteiger partial charge is 0.479 e. The van der Waals surface area contributed by atoms with Gasteiger partial charge in [0.15, 0.2) is 6.04 Å². The maximum absolute atomic E-state index is 10.7. The Kier molecular flexibility index (Phi) is 2.77. The molecule has 15 heavy (non-hydrogen) atoms. The molecular weight excluding hydrogens is 194 g/mol. The van der Waals surface area contributed by atoms with Crippen molar-refractivity contribution in [3.8, 4) is 0 Å². The fourth-order valence-corrected chi connectivity index (χ4v) is 2.26. The van der Waals surface area contributed by atoms with E-state index in [0.717, 1.165) is 23.5 Å². The zero-order chi connectivity index (χ0) is 10.8. The number of carbonyl (C=O) groups is 1. The van der Waals surface area contributed by atoms with Crippen LogP contribution in [0.1, 0.15) is 25.7 Å². The Morgan fingerprint density at radius 3 is 2.60 bits per heavy atom. The van der Waals surface area contributed by atoms with Gasteiger partial charge in [0.05, 0.1) is 0 Å². The van der Waals surface area contributed by atoms with E-state index in [-0.39, 0.29) is 0 Å². The lowest BCUT2D eigenvalue weighted by Gasteiger charge is -2.24. The molecule has 1 saturated carbocycles. The number of allylic oxidation sites excluding steroid dienone is 2. The SMILES string of the molecule is O=C(O)C1C=CC(C2CCCC2)=CN1O. The monoisotopic (exact) mass is 209 g/mol. The van der Waals surface area contributed by atoms with E-state index in [1.807, 2.05) is 6.08 Å². The third-order valence-corrected chi connectivity index (χ3v) is 3.12. The van der Waals surface area contributed by atoms with E-state index in [4.69, 9.17) is 5.11 Å². The maximum Gasteiger partial charge on any atom is 0.332 e. The third-order valence-electron chi connectivity index (χ3n) is 3.12. The van der Waals surface area contributed by atoms with Crippen LogP contribution in [-0.4, -0.2) is 27.4 Å². The van der Waals surface area contributed by atoms with Crippen LogP contribution in [0.5, 0.6) is 0 Å². The standard InChI is InChI=1S/C11H15NO3/c13-11(14)10-6-5-9(7-12(10)15)8-3-1-2-4-8/h5-8,10,15H,1-4H2,(H,13,14). The third kappa shape index (κ3) is 2.04. The highest BCUT2D eigenvalue weighted by Gasteiger charge is 2.26. The quantitative estimate of drug-likeness (QED) is 0.727. The molecule has 0 amide bonds. The molecule has 0 aromatic rings. The Balaban J connectivity index is 2.08. The summed E-state index contributed by atoms with van der Waals surface area (Å²) in [6.07, 6.45) is 9.66. The van der Waals surface area contributed by atoms with E-state index >= 15 is 0 Å². The van der Waals surface area contributed by atoms with Gasteiger partial charge in [-0.2, -0.15) is 0 Å². The minimum atomic E-state index is -1.03. The maximum atomic E-state index is 10.7. The summed E-state index contributed by atoms with van der Waals surface area (Å²) >= 11 is 0. The second-order valence-corrected chi connectivity index (χ2v) is 4.13. The van der Waals surface area contributed by atoms with Crippen LogP contribution in [0.15, 0.2) is 23.9 Å². The fourth-order valence-electron chi connectivity index (χ4n) is 2.26. The molecule has 4 heteroatoms. The zero-order valence-electron chi connectivity index (χ0n) is 8.47. The average molecular weight is 209 g/mol. The first-order chi connectivity index (χ1) is 7.18. The molecule has 1 unspecified atom stereocenters. The van der Waals surface area contributed by atoms with E-state index in [1.54, 1.807) is 6.20 Å². The summed E-state index contributed by atoms with van der Waals surface area (Å²) in [4.78, 5) is 10.7. The molecule has 0 bridgehead atoms. The van der Waals surface area contributed by atoms with Crippen LogP contribution in [0.3, 0.4) is 0 Å². The van der Waals surface area contributed by atoms with Crippen molar-refractivity contribution in [1.29, 1.82) is 0 Å². The Morgan fingerprint density at radius 2 is 2.07 bits per heavy atom. The highest BCUT2D eigenvalue weighted by molar-refractivity contribution is 5.76. The van der Waals surface area contributed by atoms with Crippen molar-refractivity contribution >= 4 is 5.97 Å². The van der Waals surface area contributed by atoms with Gasteiger partial charge in [-0.1, -0.05) is 18.9 Å². The van der Waals surface area contributed by atoms with E-state index in [0.29, 0.717) is 5.92 Å². The topological polar surface area (TPSA) is 60.8 Å². The minimum absolute atomic E-state index is 0.491. The Hall–Kier alpha value is -1.29. The number of carboxylic acids is 1. The van der Waals surface area contributed by atoms with Gasteiger partial charge in [0.1, 0.15) is 0 Å². The highest BCUT2D eigenvalue weighted by atomic mass is 16.5. The summed E-state index contributed by atoms with van der Waals surface area (Å²) in [6.45, 7) is 0. The Labute approximate surface area is 88.5 Å². The minimum Gasteiger partial charge on any atom is -0.479 e. The second kappa shape index (κ2) is 4.06. The van der Waals surface area contributed by atoms with Gasteiger partial charge < -0.3 is 5.11 Å². The number of nitrogens with zero attached hydrogens (tertiary/aromatic N) is 1. The van der Waals surface area contributed by atoms with Crippen molar-refractivity contribution in [2.75, 3.05) is 0 Å². The van der Waals surface area contributed by atoms with Gasteiger partial charge in [0.25, 0.3) is 0 Å². The van der Waals surface area contributed by atoms with Crippen LogP contribution in [0.4, 0.5) is 0 Å². The first-order valence-corrected chi connectivity index (χ1v) is 5.28. The van der Waals surface area contributed by atoms with Crippen LogP contribution in [0.25, 0.3) is 0 Å². The molecule has 0 radical (unpaired) electrons. The summed E-state index contributed by atoms with van der Waals surface area (Å²) in [5.74, 6) is -0.541. The normalized spacial score (nSPS) is 26.9. The first-order valence-electron chi connectivity index (χ1n) is 5.28. The van der Waals surface area contributed by atoms with Crippen LogP contribution in [0.2, 0.25) is 0 Å². The zero-order valence-corrected chi connectivity index (χ0v) is 8.47. The molecular formula is C11H15NO3. The van der Waals surface area contributed by atoms with Gasteiger partial charge in [0, 0.05) is 6.20 Å². The molecule has 1 aliphatic heterocycles. The lowest BCUT2D eigenvalue weighted by Crippen LogP contribution is -2.35. The number of hydrogen-bond acceptors (Lipinski definition) is 3. The van der Waals surface area contributed by atoms with E-state index in [1.165, 1.54) is 18.9 Å². The van der Waals surface area contributed by atoms with Gasteiger partial charge in [0.2, 0.25) is 0 Å². The van der Waals surface area contributed by atoms with Crippen molar-refractivity contribution < 1.29 is 15.1 Å². The lowest BCUT2D eigenvalue weighted by molar-refractivity contribution is -0.153. The molecule has 0 aromatic carbocycles. The lowest BCUT2D eigenvalue weighted by atomic mass is 9.95. The average Bonchev–Trinajstić information content (AvgIpc) is 2.69. The van der Waals surface area contributed by atoms with Gasteiger partial charge in [-0.05, 0) is 30.4 Å². The predicted octanol–water partition coefficient (Wildman–Crippen LogP) is 1.77. The number of aliphatic carboxylic acids is 1. The van der Waals surface area contributed by atoms with Gasteiger partial charge in [-0.15, -0.1) is 0 Å². The van der Waals surface area contributed by atoms with E-state index in [9.17, 15) is 10.0 Å². The van der Waals surface area contributed by atoms with Gasteiger partial charge in [-0.3, -0.25) is 5.21 Å². The van der Waals surface area contributed by atoms with E-state index in [2.05, 4.69) is 0 Å². The summed E-state index contributed by atoms with van der Waals surface area (Å²) in [5.41, 5.74) is 1.05. The molecule has 0 saturated heterocycles. The van der Waals surface area contributed by atoms with Crippen molar-refractivity contribution in [1.82, 2.24) is 5.06 Å². The molecule has 2 rings (SSSR count). The predicted molar refractivity (Wildman–Crippen MR) is 54.2 cm³/mol. The molecule has 2 N–H and O–H groups in total. The molecule has 1 fully saturated rings. The number of hydroxylamine groups is 2. The van der Waals surface area contributed by atoms with Crippen LogP contribution in [-0.2, 0) is 4.79 Å². The van der Waals surface area contributed by atoms with Crippen LogP contribution >= 0.6 is 0 Å². The van der Waals surface area contributed by atoms with E-state index < -0.39 is 12.0 Å². The number of carboxylic acid groups (broad SMARTS) is 1. The second-order valence-electron chi connectivity index (χ2n) is 4.13. The molecule has 82 valence electrons. The van der Waals surface area contributed by atoms with Gasteiger partial charge >= 0.3 is 5.97 Å². The first kappa shape index (κ1) is 10.2. The molecule has 1 aliphatic carbocycles. The highest BCUT2D eigenvalue weighted by Crippen LogP contribution is 2.33. The van der Waals surface area contributed by atoms with Crippen molar-refractivity contribution in [3.63, 3.8) is 0 Å². The fraction of sp³-hybridized carbons (Fsp3) is 0.545. The Morgan fingerprint density at radius 1 is 1.40 bits per heavy atom. The van der Waals surface area contributed by atoms with Gasteiger partial charge in [-0.25, -0.2) is 9.86 Å². The van der Waals surface area contributed by atoms with Crippen molar-refractivity contribution in [2.45, 2.75) is 31.7 Å². The summed E-state index contributed by atoms with van der Waals surface area (Å²) in [6, 6.07) is -0.935. The van der Waals surface area contributed by atoms with Crippen molar-refractivity contribution in [3.05, 3.63) is 23.9 Å². The molecule has 1 atom stereocenters. The molecule has 0 spiro atoms. The summed E-state index contributed by atoms with van der Waals surface area (Å²) < 4.78 is 0.